The number of halogens is 1. The van der Waals surface area contributed by atoms with E-state index in [0.29, 0.717) is 12.4 Å². The Morgan fingerprint density at radius 3 is 2.29 bits per heavy atom. The second-order valence-electron chi connectivity index (χ2n) is 6.17. The first kappa shape index (κ1) is 21.3. The largest absolute Gasteiger partial charge is 0.489 e. The molecule has 0 aliphatic heterocycles. The molecule has 2 amide bonds. The number of hydrogen-bond acceptors (Lipinski definition) is 5. The molecule has 0 aliphatic carbocycles. The zero-order valence-electron chi connectivity index (χ0n) is 15.9. The van der Waals surface area contributed by atoms with Gasteiger partial charge in [0.05, 0.1) is 6.61 Å². The molecule has 2 rings (SSSR count). The van der Waals surface area contributed by atoms with Crippen LogP contribution in [0, 0.1) is 5.82 Å². The molecule has 0 heterocycles. The molecule has 0 radical (unpaired) electrons. The number of nitrogens with two attached hydrogens (primary N) is 1. The first-order valence-corrected chi connectivity index (χ1v) is 8.68. The Bertz CT molecular complexity index is 781. The fraction of sp³-hybridized carbons (Fsp3) is 0.300. The van der Waals surface area contributed by atoms with Crippen molar-refractivity contribution in [3.05, 3.63) is 65.5 Å². The van der Waals surface area contributed by atoms with E-state index in [4.69, 9.17) is 15.3 Å². The highest BCUT2D eigenvalue weighted by atomic mass is 19.1. The van der Waals surface area contributed by atoms with Gasteiger partial charge in [0, 0.05) is 20.6 Å². The number of hydrazine groups is 1. The number of carbonyl (C=O) groups is 2. The molecule has 7 nitrogen and oxygen atoms in total. The van der Waals surface area contributed by atoms with Gasteiger partial charge < -0.3 is 14.8 Å². The van der Waals surface area contributed by atoms with Gasteiger partial charge >= 0.3 is 0 Å². The van der Waals surface area contributed by atoms with E-state index in [2.05, 4.69) is 5.32 Å². The monoisotopic (exact) mass is 389 g/mol. The summed E-state index contributed by atoms with van der Waals surface area (Å²) in [7, 11) is 1.43. The van der Waals surface area contributed by atoms with Crippen LogP contribution in [0.5, 0.6) is 5.75 Å². The quantitative estimate of drug-likeness (QED) is 0.387. The minimum Gasteiger partial charge on any atom is -0.489 e. The minimum absolute atomic E-state index is 0.00191. The maximum atomic E-state index is 12.9. The van der Waals surface area contributed by atoms with Crippen molar-refractivity contribution in [1.82, 2.24) is 10.3 Å². The smallest absolute Gasteiger partial charge is 0.247 e. The van der Waals surface area contributed by atoms with Crippen LogP contribution in [0.1, 0.15) is 18.1 Å². The number of rotatable bonds is 9. The zero-order valence-corrected chi connectivity index (χ0v) is 15.9. The van der Waals surface area contributed by atoms with Crippen molar-refractivity contribution in [2.45, 2.75) is 26.1 Å². The topological polar surface area (TPSA) is 93.9 Å². The van der Waals surface area contributed by atoms with E-state index < -0.39 is 17.9 Å². The van der Waals surface area contributed by atoms with Crippen LogP contribution in [0.15, 0.2) is 48.5 Å². The van der Waals surface area contributed by atoms with Crippen molar-refractivity contribution < 1.29 is 23.5 Å². The van der Waals surface area contributed by atoms with Gasteiger partial charge in [-0.3, -0.25) is 14.6 Å². The molecule has 2 aromatic rings. The molecule has 1 atom stereocenters. The van der Waals surface area contributed by atoms with Crippen LogP contribution in [0.4, 0.5) is 4.39 Å². The van der Waals surface area contributed by atoms with Crippen LogP contribution >= 0.6 is 0 Å². The predicted molar refractivity (Wildman–Crippen MR) is 101 cm³/mol. The molecular formula is C20H24FN3O4. The molecule has 0 spiro atoms. The molecule has 28 heavy (non-hydrogen) atoms. The molecule has 0 saturated heterocycles. The molecule has 0 aliphatic rings. The summed E-state index contributed by atoms with van der Waals surface area (Å²) in [4.78, 5) is 23.7. The van der Waals surface area contributed by atoms with E-state index in [1.54, 1.807) is 24.3 Å². The Hall–Kier alpha value is -2.97. The summed E-state index contributed by atoms with van der Waals surface area (Å²) in [5, 5.41) is 3.59. The van der Waals surface area contributed by atoms with Gasteiger partial charge in [0.2, 0.25) is 11.8 Å². The van der Waals surface area contributed by atoms with Crippen molar-refractivity contribution in [3.63, 3.8) is 0 Å². The Balaban J connectivity index is 1.86. The lowest BCUT2D eigenvalue weighted by molar-refractivity contribution is -0.141. The van der Waals surface area contributed by atoms with Crippen LogP contribution < -0.4 is 15.9 Å². The van der Waals surface area contributed by atoms with E-state index in [-0.39, 0.29) is 19.0 Å². The fourth-order valence-corrected chi connectivity index (χ4v) is 2.42. The van der Waals surface area contributed by atoms with Crippen LogP contribution in [0.25, 0.3) is 0 Å². The molecule has 2 aromatic carbocycles. The molecule has 0 aromatic heterocycles. The second-order valence-corrected chi connectivity index (χ2v) is 6.17. The normalized spacial score (nSPS) is 11.6. The summed E-state index contributed by atoms with van der Waals surface area (Å²) < 4.78 is 23.5. The Morgan fingerprint density at radius 1 is 1.11 bits per heavy atom. The standard InChI is InChI=1S/C20H24FN3O4/c1-14(25)24(22)19(13-27-2)20(26)23-11-15-5-9-18(10-6-15)28-12-16-3-7-17(21)8-4-16/h3-10,19H,11-13,22H2,1-2H3,(H,23,26). The zero-order chi connectivity index (χ0) is 20.5. The molecule has 150 valence electrons. The van der Waals surface area contributed by atoms with Crippen molar-refractivity contribution in [2.24, 2.45) is 5.84 Å². The summed E-state index contributed by atoms with van der Waals surface area (Å²) in [5.74, 6) is 5.16. The summed E-state index contributed by atoms with van der Waals surface area (Å²) in [5.41, 5.74) is 1.71. The van der Waals surface area contributed by atoms with E-state index in [1.807, 2.05) is 12.1 Å². The lowest BCUT2D eigenvalue weighted by atomic mass is 10.2. The number of nitrogens with zero attached hydrogens (tertiary/aromatic N) is 1. The fourth-order valence-electron chi connectivity index (χ4n) is 2.42. The Kier molecular flexibility index (Phi) is 7.91. The van der Waals surface area contributed by atoms with E-state index in [0.717, 1.165) is 16.1 Å². The lowest BCUT2D eigenvalue weighted by Gasteiger charge is -2.24. The Labute approximate surface area is 163 Å². The van der Waals surface area contributed by atoms with Crippen molar-refractivity contribution in [2.75, 3.05) is 13.7 Å². The first-order valence-electron chi connectivity index (χ1n) is 8.68. The van der Waals surface area contributed by atoms with Gasteiger partial charge in [-0.25, -0.2) is 10.2 Å². The van der Waals surface area contributed by atoms with Crippen LogP contribution in [0.2, 0.25) is 0 Å². The molecule has 0 bridgehead atoms. The van der Waals surface area contributed by atoms with Gasteiger partial charge in [-0.15, -0.1) is 0 Å². The summed E-state index contributed by atoms with van der Waals surface area (Å²) >= 11 is 0. The molecular weight excluding hydrogens is 365 g/mol. The third-order valence-corrected chi connectivity index (χ3v) is 4.04. The number of methoxy groups -OCH3 is 1. The highest BCUT2D eigenvalue weighted by molar-refractivity contribution is 5.86. The van der Waals surface area contributed by atoms with Crippen LogP contribution in [-0.4, -0.2) is 36.6 Å². The number of benzene rings is 2. The molecule has 3 N–H and O–H groups in total. The van der Waals surface area contributed by atoms with Crippen LogP contribution in [0.3, 0.4) is 0 Å². The molecule has 0 saturated carbocycles. The van der Waals surface area contributed by atoms with E-state index in [1.165, 1.54) is 26.2 Å². The van der Waals surface area contributed by atoms with Gasteiger partial charge in [0.1, 0.15) is 24.2 Å². The maximum absolute atomic E-state index is 12.9. The minimum atomic E-state index is -0.902. The van der Waals surface area contributed by atoms with Gasteiger partial charge in [-0.1, -0.05) is 24.3 Å². The molecule has 0 fully saturated rings. The number of ether oxygens (including phenoxy) is 2. The molecule has 8 heteroatoms. The SMILES string of the molecule is COCC(C(=O)NCc1ccc(OCc2ccc(F)cc2)cc1)N(N)C(C)=O. The predicted octanol–water partition coefficient (Wildman–Crippen LogP) is 1.76. The van der Waals surface area contributed by atoms with Gasteiger partial charge in [0.15, 0.2) is 0 Å². The van der Waals surface area contributed by atoms with Crippen molar-refractivity contribution >= 4 is 11.8 Å². The highest BCUT2D eigenvalue weighted by Crippen LogP contribution is 2.14. The van der Waals surface area contributed by atoms with E-state index >= 15 is 0 Å². The van der Waals surface area contributed by atoms with Crippen LogP contribution in [-0.2, 0) is 27.5 Å². The Morgan fingerprint density at radius 2 is 1.71 bits per heavy atom. The van der Waals surface area contributed by atoms with Gasteiger partial charge in [-0.05, 0) is 35.4 Å². The lowest BCUT2D eigenvalue weighted by Crippen LogP contribution is -2.54. The van der Waals surface area contributed by atoms with E-state index in [9.17, 15) is 14.0 Å². The third kappa shape index (κ3) is 6.33. The summed E-state index contributed by atoms with van der Waals surface area (Å²) in [6.45, 7) is 1.87. The van der Waals surface area contributed by atoms with Crippen molar-refractivity contribution in [1.29, 1.82) is 0 Å². The number of carbonyl (C=O) groups excluding carboxylic acids is 2. The highest BCUT2D eigenvalue weighted by Gasteiger charge is 2.25. The van der Waals surface area contributed by atoms with Gasteiger partial charge in [-0.2, -0.15) is 0 Å². The average Bonchev–Trinajstić information content (AvgIpc) is 2.70. The van der Waals surface area contributed by atoms with Crippen molar-refractivity contribution in [3.8, 4) is 5.75 Å². The van der Waals surface area contributed by atoms with Gasteiger partial charge in [0.25, 0.3) is 0 Å². The number of nitrogens with one attached hydrogen (secondary N) is 1. The number of amides is 2. The summed E-state index contributed by atoms with van der Waals surface area (Å²) in [6.07, 6.45) is 0. The average molecular weight is 389 g/mol. The number of hydrogen-bond donors (Lipinski definition) is 2. The second kappa shape index (κ2) is 10.4. The maximum Gasteiger partial charge on any atom is 0.247 e. The first-order chi connectivity index (χ1) is 13.4. The third-order valence-electron chi connectivity index (χ3n) is 4.04. The summed E-state index contributed by atoms with van der Waals surface area (Å²) in [6, 6.07) is 12.4. The molecule has 1 unspecified atom stereocenters.